The summed E-state index contributed by atoms with van der Waals surface area (Å²) in [5, 5.41) is 6.47. The molecule has 2 N–H and O–H groups in total. The number of rotatable bonds is 7. The first-order chi connectivity index (χ1) is 13.4. The average molecular weight is 399 g/mol. The number of hydrogen-bond donors (Lipinski definition) is 2. The van der Waals surface area contributed by atoms with Crippen molar-refractivity contribution < 1.29 is 17.7 Å². The first-order valence-corrected chi connectivity index (χ1v) is 10.2. The molecule has 2 aromatic carbocycles. The van der Waals surface area contributed by atoms with Crippen molar-refractivity contribution >= 4 is 21.6 Å². The van der Waals surface area contributed by atoms with Crippen molar-refractivity contribution in [3.8, 4) is 0 Å². The average Bonchev–Trinajstić information content (AvgIpc) is 3.01. The lowest BCUT2D eigenvalue weighted by Crippen LogP contribution is -2.26. The van der Waals surface area contributed by atoms with Gasteiger partial charge in [-0.3, -0.25) is 4.79 Å². The summed E-state index contributed by atoms with van der Waals surface area (Å²) in [5.74, 6) is 0.0738. The van der Waals surface area contributed by atoms with Crippen LogP contribution >= 0.6 is 0 Å². The van der Waals surface area contributed by atoms with Gasteiger partial charge in [-0.25, -0.2) is 13.1 Å². The van der Waals surface area contributed by atoms with Crippen molar-refractivity contribution in [2.75, 3.05) is 11.9 Å². The van der Waals surface area contributed by atoms with E-state index in [-0.39, 0.29) is 10.8 Å². The molecule has 0 radical (unpaired) electrons. The largest absolute Gasteiger partial charge is 0.361 e. The van der Waals surface area contributed by atoms with E-state index in [1.807, 2.05) is 30.3 Å². The molecule has 0 fully saturated rings. The maximum atomic E-state index is 12.4. The highest BCUT2D eigenvalue weighted by Crippen LogP contribution is 2.18. The summed E-state index contributed by atoms with van der Waals surface area (Å²) in [4.78, 5) is 12.5. The van der Waals surface area contributed by atoms with Gasteiger partial charge in [-0.2, -0.15) is 0 Å². The summed E-state index contributed by atoms with van der Waals surface area (Å²) < 4.78 is 32.4. The number of hydrogen-bond acceptors (Lipinski definition) is 5. The number of nitrogens with one attached hydrogen (secondary N) is 2. The molecule has 1 amide bonds. The molecule has 1 aromatic heterocycles. The second-order valence-corrected chi connectivity index (χ2v) is 8.08. The quantitative estimate of drug-likeness (QED) is 0.636. The minimum absolute atomic E-state index is 0.135. The lowest BCUT2D eigenvalue weighted by atomic mass is 10.2. The Labute approximate surface area is 163 Å². The Kier molecular flexibility index (Phi) is 5.91. The van der Waals surface area contributed by atoms with E-state index in [0.29, 0.717) is 35.7 Å². The number of aromatic nitrogens is 1. The third kappa shape index (κ3) is 4.65. The molecule has 3 rings (SSSR count). The molecule has 7 nitrogen and oxygen atoms in total. The van der Waals surface area contributed by atoms with Crippen molar-refractivity contribution in [3.05, 3.63) is 77.2 Å². The molecule has 3 aromatic rings. The molecule has 146 valence electrons. The Morgan fingerprint density at radius 2 is 1.71 bits per heavy atom. The second-order valence-electron chi connectivity index (χ2n) is 6.31. The van der Waals surface area contributed by atoms with Crippen LogP contribution in [0.15, 0.2) is 64.0 Å². The molecule has 8 heteroatoms. The molecule has 0 saturated carbocycles. The predicted molar refractivity (Wildman–Crippen MR) is 106 cm³/mol. The zero-order valence-corrected chi connectivity index (χ0v) is 16.4. The summed E-state index contributed by atoms with van der Waals surface area (Å²) in [6, 6.07) is 15.6. The Balaban J connectivity index is 1.62. The maximum absolute atomic E-state index is 12.4. The van der Waals surface area contributed by atoms with E-state index >= 15 is 0 Å². The molecule has 0 atom stereocenters. The van der Waals surface area contributed by atoms with E-state index in [2.05, 4.69) is 15.2 Å². The smallest absolute Gasteiger partial charge is 0.261 e. The summed E-state index contributed by atoms with van der Waals surface area (Å²) in [5.41, 5.74) is 2.41. The minimum Gasteiger partial charge on any atom is -0.361 e. The third-order valence-corrected chi connectivity index (χ3v) is 5.71. The number of anilines is 1. The van der Waals surface area contributed by atoms with E-state index in [4.69, 9.17) is 4.52 Å². The van der Waals surface area contributed by atoms with Crippen LogP contribution in [0.25, 0.3) is 0 Å². The lowest BCUT2D eigenvalue weighted by Gasteiger charge is -2.09. The van der Waals surface area contributed by atoms with Crippen LogP contribution < -0.4 is 10.0 Å². The SMILES string of the molecule is Cc1noc(C)c1C(=O)Nc1ccc(S(=O)(=O)NCCc2ccccc2)cc1. The lowest BCUT2D eigenvalue weighted by molar-refractivity contribution is 0.102. The van der Waals surface area contributed by atoms with E-state index in [1.165, 1.54) is 12.1 Å². The zero-order valence-electron chi connectivity index (χ0n) is 15.6. The van der Waals surface area contributed by atoms with Crippen LogP contribution in [0.2, 0.25) is 0 Å². The standard InChI is InChI=1S/C20H21N3O4S/c1-14-19(15(2)27-23-14)20(24)22-17-8-10-18(11-9-17)28(25,26)21-13-12-16-6-4-3-5-7-16/h3-11,21H,12-13H2,1-2H3,(H,22,24). The number of carbonyl (C=O) groups is 1. The molecule has 28 heavy (non-hydrogen) atoms. The highest BCUT2D eigenvalue weighted by Gasteiger charge is 2.18. The summed E-state index contributed by atoms with van der Waals surface area (Å²) >= 11 is 0. The van der Waals surface area contributed by atoms with Crippen molar-refractivity contribution in [2.45, 2.75) is 25.2 Å². The predicted octanol–water partition coefficient (Wildman–Crippen LogP) is 3.06. The first-order valence-electron chi connectivity index (χ1n) is 8.75. The number of benzene rings is 2. The highest BCUT2D eigenvalue weighted by atomic mass is 32.2. The van der Waals surface area contributed by atoms with Gasteiger partial charge < -0.3 is 9.84 Å². The summed E-state index contributed by atoms with van der Waals surface area (Å²) in [6.07, 6.45) is 0.603. The van der Waals surface area contributed by atoms with Crippen LogP contribution in [0.3, 0.4) is 0 Å². The number of aryl methyl sites for hydroxylation is 2. The number of nitrogens with zero attached hydrogens (tertiary/aromatic N) is 1. The van der Waals surface area contributed by atoms with Gasteiger partial charge >= 0.3 is 0 Å². The van der Waals surface area contributed by atoms with Gasteiger partial charge in [0.1, 0.15) is 11.3 Å². The van der Waals surface area contributed by atoms with Crippen molar-refractivity contribution in [2.24, 2.45) is 0 Å². The zero-order chi connectivity index (χ0) is 20.1. The van der Waals surface area contributed by atoms with Crippen LogP contribution in [0.4, 0.5) is 5.69 Å². The molecule has 0 unspecified atom stereocenters. The maximum Gasteiger partial charge on any atom is 0.261 e. The molecule has 0 saturated heterocycles. The van der Waals surface area contributed by atoms with Gasteiger partial charge in [-0.05, 0) is 50.1 Å². The van der Waals surface area contributed by atoms with E-state index in [0.717, 1.165) is 5.56 Å². The topological polar surface area (TPSA) is 101 Å². The van der Waals surface area contributed by atoms with E-state index in [9.17, 15) is 13.2 Å². The van der Waals surface area contributed by atoms with Gasteiger partial charge in [-0.1, -0.05) is 35.5 Å². The first kappa shape index (κ1) is 19.8. The number of carbonyl (C=O) groups excluding carboxylic acids is 1. The minimum atomic E-state index is -3.62. The van der Waals surface area contributed by atoms with Gasteiger partial charge in [0, 0.05) is 12.2 Å². The van der Waals surface area contributed by atoms with Crippen LogP contribution in [-0.4, -0.2) is 26.0 Å². The van der Waals surface area contributed by atoms with E-state index in [1.54, 1.807) is 26.0 Å². The van der Waals surface area contributed by atoms with Crippen LogP contribution in [-0.2, 0) is 16.4 Å². The fourth-order valence-electron chi connectivity index (χ4n) is 2.78. The van der Waals surface area contributed by atoms with Crippen LogP contribution in [0.1, 0.15) is 27.4 Å². The number of amides is 1. The normalized spacial score (nSPS) is 11.4. The third-order valence-electron chi connectivity index (χ3n) is 4.23. The van der Waals surface area contributed by atoms with E-state index < -0.39 is 10.0 Å². The Morgan fingerprint density at radius 1 is 1.04 bits per heavy atom. The van der Waals surface area contributed by atoms with Crippen molar-refractivity contribution in [1.29, 1.82) is 0 Å². The fourth-order valence-corrected chi connectivity index (χ4v) is 3.81. The van der Waals surface area contributed by atoms with Crippen molar-refractivity contribution in [3.63, 3.8) is 0 Å². The highest BCUT2D eigenvalue weighted by molar-refractivity contribution is 7.89. The Morgan fingerprint density at radius 3 is 2.32 bits per heavy atom. The Bertz CT molecular complexity index is 1040. The molecule has 0 aliphatic heterocycles. The van der Waals surface area contributed by atoms with Gasteiger partial charge in [0.2, 0.25) is 10.0 Å². The van der Waals surface area contributed by atoms with Crippen LogP contribution in [0, 0.1) is 13.8 Å². The van der Waals surface area contributed by atoms with Gasteiger partial charge in [0.15, 0.2) is 0 Å². The molecule has 0 aliphatic rings. The fraction of sp³-hybridized carbons (Fsp3) is 0.200. The van der Waals surface area contributed by atoms with Gasteiger partial charge in [0.25, 0.3) is 5.91 Å². The molecule has 0 aliphatic carbocycles. The van der Waals surface area contributed by atoms with Crippen molar-refractivity contribution in [1.82, 2.24) is 9.88 Å². The molecular formula is C20H21N3O4S. The summed E-state index contributed by atoms with van der Waals surface area (Å²) in [6.45, 7) is 3.64. The molecule has 1 heterocycles. The molecular weight excluding hydrogens is 378 g/mol. The Hall–Kier alpha value is -2.97. The monoisotopic (exact) mass is 399 g/mol. The molecule has 0 bridgehead atoms. The number of sulfonamides is 1. The van der Waals surface area contributed by atoms with Gasteiger partial charge in [-0.15, -0.1) is 0 Å². The summed E-state index contributed by atoms with van der Waals surface area (Å²) in [7, 11) is -3.62. The second kappa shape index (κ2) is 8.37. The molecule has 0 spiro atoms. The van der Waals surface area contributed by atoms with Gasteiger partial charge in [0.05, 0.1) is 10.6 Å². The van der Waals surface area contributed by atoms with Crippen LogP contribution in [0.5, 0.6) is 0 Å².